The molecule has 1 amide bonds. The van der Waals surface area contributed by atoms with Gasteiger partial charge in [-0.3, -0.25) is 4.79 Å². The van der Waals surface area contributed by atoms with Crippen LogP contribution >= 0.6 is 34.8 Å². The Morgan fingerprint density at radius 2 is 1.60 bits per heavy atom. The van der Waals surface area contributed by atoms with E-state index in [2.05, 4.69) is 5.32 Å². The molecular weight excluding hydrogens is 317 g/mol. The van der Waals surface area contributed by atoms with Gasteiger partial charge in [-0.25, -0.2) is 0 Å². The predicted molar refractivity (Wildman–Crippen MR) is 83.8 cm³/mol. The minimum absolute atomic E-state index is 0.180. The lowest BCUT2D eigenvalue weighted by atomic mass is 10.1. The van der Waals surface area contributed by atoms with Crippen molar-refractivity contribution in [3.05, 3.63) is 68.7 Å². The standard InChI is InChI=1S/C15H12Cl3NO/c1-9(13-7-6-12(17)8-14(13)18)19-15(20)10-2-4-11(16)5-3-10/h2-9H,1H3,(H,19,20)/t9-/m0/s1. The largest absolute Gasteiger partial charge is 0.345 e. The van der Waals surface area contributed by atoms with Crippen molar-refractivity contribution in [2.45, 2.75) is 13.0 Å². The molecule has 1 N–H and O–H groups in total. The fourth-order valence-electron chi connectivity index (χ4n) is 1.81. The van der Waals surface area contributed by atoms with Gasteiger partial charge in [-0.05, 0) is 48.9 Å². The topological polar surface area (TPSA) is 29.1 Å². The lowest BCUT2D eigenvalue weighted by molar-refractivity contribution is 0.0940. The van der Waals surface area contributed by atoms with Gasteiger partial charge in [0.1, 0.15) is 0 Å². The molecule has 0 saturated heterocycles. The number of hydrogen-bond acceptors (Lipinski definition) is 1. The fraction of sp³-hybridized carbons (Fsp3) is 0.133. The number of amides is 1. The number of carbonyl (C=O) groups excluding carboxylic acids is 1. The Hall–Kier alpha value is -1.22. The number of rotatable bonds is 3. The van der Waals surface area contributed by atoms with Crippen molar-refractivity contribution in [2.24, 2.45) is 0 Å². The number of halogens is 3. The Morgan fingerprint density at radius 1 is 1.00 bits per heavy atom. The summed E-state index contributed by atoms with van der Waals surface area (Å²) in [5.41, 5.74) is 1.37. The molecule has 0 spiro atoms. The second-order valence-electron chi connectivity index (χ2n) is 4.37. The van der Waals surface area contributed by atoms with Crippen LogP contribution in [0, 0.1) is 0 Å². The Kier molecular flexibility index (Phi) is 4.92. The van der Waals surface area contributed by atoms with Crippen LogP contribution in [-0.4, -0.2) is 5.91 Å². The van der Waals surface area contributed by atoms with Crippen LogP contribution in [0.3, 0.4) is 0 Å². The summed E-state index contributed by atoms with van der Waals surface area (Å²) in [5.74, 6) is -0.180. The number of carbonyl (C=O) groups is 1. The summed E-state index contributed by atoms with van der Waals surface area (Å²) in [7, 11) is 0. The van der Waals surface area contributed by atoms with Gasteiger partial charge in [0.25, 0.3) is 5.91 Å². The van der Waals surface area contributed by atoms with Crippen molar-refractivity contribution in [1.29, 1.82) is 0 Å². The highest BCUT2D eigenvalue weighted by molar-refractivity contribution is 6.35. The minimum atomic E-state index is -0.219. The van der Waals surface area contributed by atoms with E-state index in [1.165, 1.54) is 0 Å². The van der Waals surface area contributed by atoms with E-state index in [0.29, 0.717) is 20.6 Å². The molecule has 0 bridgehead atoms. The van der Waals surface area contributed by atoms with Crippen molar-refractivity contribution < 1.29 is 4.79 Å². The van der Waals surface area contributed by atoms with E-state index >= 15 is 0 Å². The molecular formula is C15H12Cl3NO. The van der Waals surface area contributed by atoms with Crippen molar-refractivity contribution in [3.63, 3.8) is 0 Å². The molecule has 2 aromatic carbocycles. The van der Waals surface area contributed by atoms with E-state index in [4.69, 9.17) is 34.8 Å². The van der Waals surface area contributed by atoms with E-state index < -0.39 is 0 Å². The van der Waals surface area contributed by atoms with Crippen molar-refractivity contribution in [2.75, 3.05) is 0 Å². The maximum Gasteiger partial charge on any atom is 0.251 e. The average Bonchev–Trinajstić information content (AvgIpc) is 2.39. The zero-order valence-corrected chi connectivity index (χ0v) is 12.9. The first-order valence-corrected chi connectivity index (χ1v) is 7.12. The van der Waals surface area contributed by atoms with Gasteiger partial charge in [0.05, 0.1) is 6.04 Å². The number of hydrogen-bond donors (Lipinski definition) is 1. The summed E-state index contributed by atoms with van der Waals surface area (Å²) in [5, 5.41) is 4.57. The van der Waals surface area contributed by atoms with Crippen LogP contribution in [0.1, 0.15) is 28.9 Å². The van der Waals surface area contributed by atoms with Gasteiger partial charge in [0.2, 0.25) is 0 Å². The monoisotopic (exact) mass is 327 g/mol. The van der Waals surface area contributed by atoms with Crippen molar-refractivity contribution >= 4 is 40.7 Å². The van der Waals surface area contributed by atoms with Crippen LogP contribution in [0.4, 0.5) is 0 Å². The highest BCUT2D eigenvalue weighted by Gasteiger charge is 2.14. The summed E-state index contributed by atoms with van der Waals surface area (Å²) in [4.78, 5) is 12.1. The van der Waals surface area contributed by atoms with Crippen LogP contribution in [-0.2, 0) is 0 Å². The van der Waals surface area contributed by atoms with Crippen LogP contribution < -0.4 is 5.32 Å². The predicted octanol–water partition coefficient (Wildman–Crippen LogP) is 5.14. The normalized spacial score (nSPS) is 12.0. The molecule has 0 aliphatic heterocycles. The quantitative estimate of drug-likeness (QED) is 0.830. The summed E-state index contributed by atoms with van der Waals surface area (Å²) >= 11 is 17.8. The summed E-state index contributed by atoms with van der Waals surface area (Å²) in [6.07, 6.45) is 0. The number of nitrogens with one attached hydrogen (secondary N) is 1. The first kappa shape index (κ1) is 15.2. The molecule has 0 aliphatic rings. The Balaban J connectivity index is 2.12. The second kappa shape index (κ2) is 6.49. The van der Waals surface area contributed by atoms with E-state index in [9.17, 15) is 4.79 Å². The minimum Gasteiger partial charge on any atom is -0.345 e. The third kappa shape index (κ3) is 3.66. The SMILES string of the molecule is C[C@H](NC(=O)c1ccc(Cl)cc1)c1ccc(Cl)cc1Cl. The highest BCUT2D eigenvalue weighted by Crippen LogP contribution is 2.26. The maximum absolute atomic E-state index is 12.1. The van der Waals surface area contributed by atoms with Crippen LogP contribution in [0.2, 0.25) is 15.1 Å². The summed E-state index contributed by atoms with van der Waals surface area (Å²) in [6, 6.07) is 11.7. The summed E-state index contributed by atoms with van der Waals surface area (Å²) < 4.78 is 0. The second-order valence-corrected chi connectivity index (χ2v) is 5.65. The van der Waals surface area contributed by atoms with Crippen LogP contribution in [0.25, 0.3) is 0 Å². The molecule has 2 nitrogen and oxygen atoms in total. The smallest absolute Gasteiger partial charge is 0.251 e. The van der Waals surface area contributed by atoms with Gasteiger partial charge < -0.3 is 5.32 Å². The van der Waals surface area contributed by atoms with Crippen molar-refractivity contribution in [3.8, 4) is 0 Å². The lowest BCUT2D eigenvalue weighted by Gasteiger charge is -2.16. The molecule has 1 atom stereocenters. The Morgan fingerprint density at radius 3 is 2.20 bits per heavy atom. The van der Waals surface area contributed by atoms with Crippen molar-refractivity contribution in [1.82, 2.24) is 5.32 Å². The zero-order valence-electron chi connectivity index (χ0n) is 10.7. The van der Waals surface area contributed by atoms with Gasteiger partial charge in [0, 0.05) is 20.6 Å². The van der Waals surface area contributed by atoms with Gasteiger partial charge in [0.15, 0.2) is 0 Å². The molecule has 104 valence electrons. The molecule has 0 aromatic heterocycles. The number of benzene rings is 2. The first-order chi connectivity index (χ1) is 9.47. The fourth-order valence-corrected chi connectivity index (χ4v) is 2.51. The third-order valence-corrected chi connectivity index (χ3v) is 3.70. The molecule has 0 heterocycles. The van der Waals surface area contributed by atoms with Crippen LogP contribution in [0.15, 0.2) is 42.5 Å². The molecule has 2 aromatic rings. The summed E-state index contributed by atoms with van der Waals surface area (Å²) in [6.45, 7) is 1.86. The molecule has 0 saturated carbocycles. The van der Waals surface area contributed by atoms with E-state index in [-0.39, 0.29) is 11.9 Å². The first-order valence-electron chi connectivity index (χ1n) is 5.99. The maximum atomic E-state index is 12.1. The molecule has 0 aliphatic carbocycles. The van der Waals surface area contributed by atoms with E-state index in [1.54, 1.807) is 42.5 Å². The third-order valence-electron chi connectivity index (χ3n) is 2.88. The van der Waals surface area contributed by atoms with Crippen LogP contribution in [0.5, 0.6) is 0 Å². The van der Waals surface area contributed by atoms with Gasteiger partial charge >= 0.3 is 0 Å². The van der Waals surface area contributed by atoms with E-state index in [1.807, 2.05) is 6.92 Å². The molecule has 0 unspecified atom stereocenters. The van der Waals surface area contributed by atoms with Gasteiger partial charge in [-0.15, -0.1) is 0 Å². The molecule has 2 rings (SSSR count). The zero-order chi connectivity index (χ0) is 14.7. The molecule has 20 heavy (non-hydrogen) atoms. The highest BCUT2D eigenvalue weighted by atomic mass is 35.5. The molecule has 0 fully saturated rings. The molecule has 5 heteroatoms. The molecule has 0 radical (unpaired) electrons. The van der Waals surface area contributed by atoms with E-state index in [0.717, 1.165) is 5.56 Å². The Labute approximate surface area is 132 Å². The van der Waals surface area contributed by atoms with Gasteiger partial charge in [-0.2, -0.15) is 0 Å². The Bertz CT molecular complexity index is 626. The lowest BCUT2D eigenvalue weighted by Crippen LogP contribution is -2.26. The average molecular weight is 329 g/mol. The van der Waals surface area contributed by atoms with Gasteiger partial charge in [-0.1, -0.05) is 40.9 Å².